The van der Waals surface area contributed by atoms with E-state index >= 15 is 0 Å². The van der Waals surface area contributed by atoms with Gasteiger partial charge in [0.15, 0.2) is 5.96 Å². The zero-order valence-electron chi connectivity index (χ0n) is 14.4. The largest absolute Gasteiger partial charge is 0.466 e. The summed E-state index contributed by atoms with van der Waals surface area (Å²) in [5.41, 5.74) is 0.684. The maximum atomic E-state index is 13.6. The summed E-state index contributed by atoms with van der Waals surface area (Å²) in [5.74, 6) is 0.322. The molecule has 0 amide bonds. The maximum absolute atomic E-state index is 13.6. The van der Waals surface area contributed by atoms with Crippen LogP contribution in [-0.2, 0) is 16.0 Å². The quantitative estimate of drug-likeness (QED) is 0.509. The Kier molecular flexibility index (Phi) is 7.03. The smallest absolute Gasteiger partial charge is 0.310 e. The topological polar surface area (TPSA) is 53.9 Å². The van der Waals surface area contributed by atoms with Gasteiger partial charge in [-0.1, -0.05) is 18.2 Å². The van der Waals surface area contributed by atoms with E-state index < -0.39 is 0 Å². The second-order valence-corrected chi connectivity index (χ2v) is 5.85. The van der Waals surface area contributed by atoms with Crippen molar-refractivity contribution in [3.05, 3.63) is 35.6 Å². The summed E-state index contributed by atoms with van der Waals surface area (Å²) in [6.45, 7) is 4.29. The van der Waals surface area contributed by atoms with Crippen molar-refractivity contribution >= 4 is 11.9 Å². The monoisotopic (exact) mass is 335 g/mol. The summed E-state index contributed by atoms with van der Waals surface area (Å²) in [6.07, 6.45) is 2.36. The molecule has 2 rings (SSSR count). The minimum Gasteiger partial charge on any atom is -0.466 e. The van der Waals surface area contributed by atoms with Crippen LogP contribution in [0.3, 0.4) is 0 Å². The van der Waals surface area contributed by atoms with Gasteiger partial charge in [0.2, 0.25) is 0 Å². The Morgan fingerprint density at radius 2 is 2.25 bits per heavy atom. The van der Waals surface area contributed by atoms with Gasteiger partial charge in [-0.2, -0.15) is 0 Å². The minimum absolute atomic E-state index is 0.108. The Labute approximate surface area is 142 Å². The lowest BCUT2D eigenvalue weighted by molar-refractivity contribution is -0.149. The average Bonchev–Trinajstić information content (AvgIpc) is 2.60. The minimum atomic E-state index is -0.186. The number of nitrogens with one attached hydrogen (secondary N) is 1. The molecule has 1 saturated heterocycles. The summed E-state index contributed by atoms with van der Waals surface area (Å²) < 4.78 is 18.8. The van der Waals surface area contributed by atoms with Crippen LogP contribution in [0.15, 0.2) is 29.3 Å². The van der Waals surface area contributed by atoms with Crippen LogP contribution < -0.4 is 5.32 Å². The molecule has 5 nitrogen and oxygen atoms in total. The molecule has 0 spiro atoms. The van der Waals surface area contributed by atoms with Crippen molar-refractivity contribution in [2.45, 2.75) is 26.2 Å². The molecule has 0 aromatic heterocycles. The van der Waals surface area contributed by atoms with Gasteiger partial charge in [0.1, 0.15) is 5.82 Å². The van der Waals surface area contributed by atoms with Crippen molar-refractivity contribution in [3.63, 3.8) is 0 Å². The molecule has 0 aliphatic carbocycles. The van der Waals surface area contributed by atoms with E-state index in [0.717, 1.165) is 25.3 Å². The Hall–Kier alpha value is -2.11. The molecule has 24 heavy (non-hydrogen) atoms. The predicted octanol–water partition coefficient (Wildman–Crippen LogP) is 2.22. The lowest BCUT2D eigenvalue weighted by Gasteiger charge is -2.34. The second kappa shape index (κ2) is 9.25. The molecular formula is C18H26FN3O2. The van der Waals surface area contributed by atoms with Gasteiger partial charge in [0.25, 0.3) is 0 Å². The van der Waals surface area contributed by atoms with Gasteiger partial charge >= 0.3 is 5.97 Å². The van der Waals surface area contributed by atoms with Crippen molar-refractivity contribution in [2.75, 3.05) is 33.3 Å². The molecule has 1 aromatic carbocycles. The molecule has 1 heterocycles. The highest BCUT2D eigenvalue weighted by molar-refractivity contribution is 5.81. The fourth-order valence-corrected chi connectivity index (χ4v) is 2.96. The van der Waals surface area contributed by atoms with Gasteiger partial charge in [-0.3, -0.25) is 9.79 Å². The van der Waals surface area contributed by atoms with E-state index in [9.17, 15) is 9.18 Å². The number of likely N-dealkylation sites (tertiary alicyclic amines) is 1. The molecule has 0 radical (unpaired) electrons. The third kappa shape index (κ3) is 4.94. The molecule has 1 aliphatic rings. The molecule has 132 valence electrons. The van der Waals surface area contributed by atoms with E-state index in [-0.39, 0.29) is 17.7 Å². The Balaban J connectivity index is 1.87. The number of ether oxygens (including phenoxy) is 1. The van der Waals surface area contributed by atoms with Crippen LogP contribution in [0.2, 0.25) is 0 Å². The SMILES string of the molecule is CCOC(=O)C1CCCN(C(=NC)NCCc2ccccc2F)C1. The molecule has 1 unspecified atom stereocenters. The predicted molar refractivity (Wildman–Crippen MR) is 92.4 cm³/mol. The first-order chi connectivity index (χ1) is 11.7. The van der Waals surface area contributed by atoms with Crippen molar-refractivity contribution in [3.8, 4) is 0 Å². The number of esters is 1. The van der Waals surface area contributed by atoms with Gasteiger partial charge in [-0.25, -0.2) is 4.39 Å². The number of hydrogen-bond acceptors (Lipinski definition) is 3. The van der Waals surface area contributed by atoms with E-state index in [1.807, 2.05) is 13.0 Å². The van der Waals surface area contributed by atoms with Crippen LogP contribution in [0.4, 0.5) is 4.39 Å². The van der Waals surface area contributed by atoms with Gasteiger partial charge < -0.3 is 15.0 Å². The Morgan fingerprint density at radius 3 is 2.96 bits per heavy atom. The third-order valence-electron chi connectivity index (χ3n) is 4.19. The molecule has 1 atom stereocenters. The number of carbonyl (C=O) groups excluding carboxylic acids is 1. The van der Waals surface area contributed by atoms with Crippen LogP contribution in [-0.4, -0.2) is 50.1 Å². The third-order valence-corrected chi connectivity index (χ3v) is 4.19. The maximum Gasteiger partial charge on any atom is 0.310 e. The van der Waals surface area contributed by atoms with E-state index in [0.29, 0.717) is 31.7 Å². The summed E-state index contributed by atoms with van der Waals surface area (Å²) in [5, 5.41) is 3.26. The Morgan fingerprint density at radius 1 is 1.46 bits per heavy atom. The van der Waals surface area contributed by atoms with E-state index in [1.165, 1.54) is 6.07 Å². The lowest BCUT2D eigenvalue weighted by atomic mass is 9.98. The van der Waals surface area contributed by atoms with Gasteiger partial charge in [-0.15, -0.1) is 0 Å². The van der Waals surface area contributed by atoms with Crippen molar-refractivity contribution in [1.82, 2.24) is 10.2 Å². The highest BCUT2D eigenvalue weighted by Crippen LogP contribution is 2.18. The summed E-state index contributed by atoms with van der Waals surface area (Å²) in [7, 11) is 1.72. The lowest BCUT2D eigenvalue weighted by Crippen LogP contribution is -2.48. The molecule has 1 aliphatic heterocycles. The molecule has 1 N–H and O–H groups in total. The van der Waals surface area contributed by atoms with Crippen LogP contribution in [0.1, 0.15) is 25.3 Å². The number of carbonyl (C=O) groups is 1. The van der Waals surface area contributed by atoms with Gasteiger partial charge in [-0.05, 0) is 37.8 Å². The summed E-state index contributed by atoms with van der Waals surface area (Å²) >= 11 is 0. The number of aliphatic imine (C=N–C) groups is 1. The number of piperidine rings is 1. The highest BCUT2D eigenvalue weighted by atomic mass is 19.1. The van der Waals surface area contributed by atoms with Crippen molar-refractivity contribution in [2.24, 2.45) is 10.9 Å². The number of hydrogen-bond donors (Lipinski definition) is 1. The summed E-state index contributed by atoms with van der Waals surface area (Å²) in [4.78, 5) is 18.3. The number of halogens is 1. The first kappa shape index (κ1) is 18.2. The van der Waals surface area contributed by atoms with Gasteiger partial charge in [0.05, 0.1) is 12.5 Å². The zero-order valence-corrected chi connectivity index (χ0v) is 14.4. The zero-order chi connectivity index (χ0) is 17.4. The Bertz CT molecular complexity index is 577. The highest BCUT2D eigenvalue weighted by Gasteiger charge is 2.28. The fourth-order valence-electron chi connectivity index (χ4n) is 2.96. The summed E-state index contributed by atoms with van der Waals surface area (Å²) in [6, 6.07) is 6.78. The number of rotatable bonds is 5. The number of benzene rings is 1. The van der Waals surface area contributed by atoms with Crippen molar-refractivity contribution in [1.29, 1.82) is 0 Å². The normalized spacial score (nSPS) is 18.4. The average molecular weight is 335 g/mol. The fraction of sp³-hybridized carbons (Fsp3) is 0.556. The first-order valence-electron chi connectivity index (χ1n) is 8.51. The van der Waals surface area contributed by atoms with Gasteiger partial charge in [0, 0.05) is 26.7 Å². The van der Waals surface area contributed by atoms with Crippen LogP contribution in [0.5, 0.6) is 0 Å². The molecule has 0 saturated carbocycles. The van der Waals surface area contributed by atoms with Crippen LogP contribution >= 0.6 is 0 Å². The standard InChI is InChI=1S/C18H26FN3O2/c1-3-24-17(23)15-8-6-12-22(13-15)18(20-2)21-11-10-14-7-4-5-9-16(14)19/h4-5,7,9,15H,3,6,8,10-13H2,1-2H3,(H,20,21). The van der Waals surface area contributed by atoms with E-state index in [2.05, 4.69) is 15.2 Å². The number of guanidine groups is 1. The molecule has 1 fully saturated rings. The van der Waals surface area contributed by atoms with Crippen LogP contribution in [0.25, 0.3) is 0 Å². The molecule has 1 aromatic rings. The molecular weight excluding hydrogens is 309 g/mol. The molecule has 6 heteroatoms. The van der Waals surface area contributed by atoms with Crippen molar-refractivity contribution < 1.29 is 13.9 Å². The first-order valence-corrected chi connectivity index (χ1v) is 8.51. The number of nitrogens with zero attached hydrogens (tertiary/aromatic N) is 2. The van der Waals surface area contributed by atoms with Crippen LogP contribution in [0, 0.1) is 11.7 Å². The van der Waals surface area contributed by atoms with E-state index in [4.69, 9.17) is 4.74 Å². The molecule has 0 bridgehead atoms. The second-order valence-electron chi connectivity index (χ2n) is 5.85. The van der Waals surface area contributed by atoms with E-state index in [1.54, 1.807) is 19.2 Å².